The van der Waals surface area contributed by atoms with Crippen LogP contribution >= 0.6 is 12.2 Å². The molecule has 1 fully saturated rings. The number of hydrogen-bond acceptors (Lipinski definition) is 2. The molecular formula is C15H20F2N2S. The van der Waals surface area contributed by atoms with Crippen molar-refractivity contribution in [3.63, 3.8) is 0 Å². The van der Waals surface area contributed by atoms with Gasteiger partial charge in [0.15, 0.2) is 11.6 Å². The summed E-state index contributed by atoms with van der Waals surface area (Å²) in [5.41, 5.74) is 5.57. The number of benzene rings is 1. The number of nitrogens with one attached hydrogen (secondary N) is 1. The van der Waals surface area contributed by atoms with Gasteiger partial charge in [-0.3, -0.25) is 0 Å². The van der Waals surface area contributed by atoms with Crippen molar-refractivity contribution < 1.29 is 8.78 Å². The van der Waals surface area contributed by atoms with E-state index in [0.717, 1.165) is 19.3 Å². The number of thiocarbonyl (C=S) groups is 1. The maximum Gasteiger partial charge on any atom is 0.182 e. The molecule has 0 heterocycles. The number of hydrogen-bond donors (Lipinski definition) is 2. The first kappa shape index (κ1) is 15.2. The molecule has 1 unspecified atom stereocenters. The van der Waals surface area contributed by atoms with E-state index in [-0.39, 0.29) is 27.7 Å². The summed E-state index contributed by atoms with van der Waals surface area (Å²) >= 11 is 4.70. The zero-order valence-electron chi connectivity index (χ0n) is 11.8. The molecule has 1 atom stereocenters. The van der Waals surface area contributed by atoms with Gasteiger partial charge in [0.05, 0.1) is 5.69 Å². The highest BCUT2D eigenvalue weighted by molar-refractivity contribution is 7.80. The van der Waals surface area contributed by atoms with Crippen molar-refractivity contribution in [2.75, 3.05) is 5.32 Å². The van der Waals surface area contributed by atoms with E-state index >= 15 is 0 Å². The van der Waals surface area contributed by atoms with Crippen molar-refractivity contribution in [2.45, 2.75) is 45.6 Å². The minimum atomic E-state index is -0.976. The Kier molecular flexibility index (Phi) is 4.28. The molecule has 0 amide bonds. The lowest BCUT2D eigenvalue weighted by molar-refractivity contribution is 0.216. The molecule has 110 valence electrons. The first-order valence-electron chi connectivity index (χ1n) is 6.87. The van der Waals surface area contributed by atoms with Crippen LogP contribution in [0.15, 0.2) is 12.1 Å². The second kappa shape index (κ2) is 5.64. The minimum absolute atomic E-state index is 0.0500. The van der Waals surface area contributed by atoms with E-state index in [1.54, 1.807) is 0 Å². The van der Waals surface area contributed by atoms with E-state index in [2.05, 4.69) is 19.2 Å². The molecule has 0 bridgehead atoms. The summed E-state index contributed by atoms with van der Waals surface area (Å²) in [6, 6.07) is 3.08. The second-order valence-corrected chi connectivity index (χ2v) is 6.52. The molecule has 1 aliphatic rings. The van der Waals surface area contributed by atoms with E-state index in [0.29, 0.717) is 0 Å². The van der Waals surface area contributed by atoms with Crippen molar-refractivity contribution in [1.82, 2.24) is 0 Å². The molecule has 1 aromatic rings. The van der Waals surface area contributed by atoms with E-state index in [9.17, 15) is 8.78 Å². The fraction of sp³-hybridized carbons (Fsp3) is 0.533. The van der Waals surface area contributed by atoms with Gasteiger partial charge in [0, 0.05) is 11.6 Å². The molecule has 0 aliphatic heterocycles. The summed E-state index contributed by atoms with van der Waals surface area (Å²) < 4.78 is 28.0. The third kappa shape index (κ3) is 2.92. The SMILES string of the molecule is CC1(C)CCCCC1Nc1ccc(C(N)=S)c(F)c1F. The van der Waals surface area contributed by atoms with Crippen LogP contribution < -0.4 is 11.1 Å². The Hall–Kier alpha value is -1.23. The average molecular weight is 298 g/mol. The lowest BCUT2D eigenvalue weighted by Crippen LogP contribution is -2.39. The fourth-order valence-electron chi connectivity index (χ4n) is 2.80. The summed E-state index contributed by atoms with van der Waals surface area (Å²) in [7, 11) is 0. The van der Waals surface area contributed by atoms with E-state index in [1.165, 1.54) is 18.6 Å². The Morgan fingerprint density at radius 2 is 2.00 bits per heavy atom. The summed E-state index contributed by atoms with van der Waals surface area (Å²) in [5.74, 6) is -1.88. The smallest absolute Gasteiger partial charge is 0.182 e. The molecule has 1 aromatic carbocycles. The summed E-state index contributed by atoms with van der Waals surface area (Å²) in [6.07, 6.45) is 4.34. The van der Waals surface area contributed by atoms with E-state index < -0.39 is 11.6 Å². The lowest BCUT2D eigenvalue weighted by atomic mass is 9.73. The Balaban J connectivity index is 2.26. The van der Waals surface area contributed by atoms with Crippen molar-refractivity contribution >= 4 is 22.9 Å². The first-order chi connectivity index (χ1) is 9.33. The third-order valence-corrected chi connectivity index (χ3v) is 4.40. The van der Waals surface area contributed by atoms with Crippen molar-refractivity contribution in [1.29, 1.82) is 0 Å². The molecule has 1 saturated carbocycles. The van der Waals surface area contributed by atoms with Crippen LogP contribution in [0.3, 0.4) is 0 Å². The second-order valence-electron chi connectivity index (χ2n) is 6.08. The van der Waals surface area contributed by atoms with Gasteiger partial charge in [0.1, 0.15) is 4.99 Å². The molecule has 20 heavy (non-hydrogen) atoms. The molecule has 2 nitrogen and oxygen atoms in total. The molecule has 1 aliphatic carbocycles. The molecule has 5 heteroatoms. The molecular weight excluding hydrogens is 278 g/mol. The van der Waals surface area contributed by atoms with Crippen LogP contribution in [0.2, 0.25) is 0 Å². The Morgan fingerprint density at radius 3 is 2.60 bits per heavy atom. The van der Waals surface area contributed by atoms with Crippen LogP contribution in [0.5, 0.6) is 0 Å². The molecule has 0 radical (unpaired) electrons. The van der Waals surface area contributed by atoms with Gasteiger partial charge in [-0.2, -0.15) is 0 Å². The van der Waals surface area contributed by atoms with Crippen LogP contribution in [-0.2, 0) is 0 Å². The molecule has 2 rings (SSSR count). The van der Waals surface area contributed by atoms with Crippen LogP contribution in [0.4, 0.5) is 14.5 Å². The normalized spacial score (nSPS) is 21.5. The molecule has 0 saturated heterocycles. The van der Waals surface area contributed by atoms with Gasteiger partial charge in [-0.05, 0) is 30.4 Å². The van der Waals surface area contributed by atoms with Gasteiger partial charge in [0.2, 0.25) is 0 Å². The third-order valence-electron chi connectivity index (χ3n) is 4.18. The van der Waals surface area contributed by atoms with E-state index in [4.69, 9.17) is 18.0 Å². The zero-order chi connectivity index (χ0) is 14.9. The number of rotatable bonds is 3. The predicted octanol–water partition coefficient (Wildman–Crippen LogP) is 3.98. The number of halogens is 2. The van der Waals surface area contributed by atoms with Gasteiger partial charge in [-0.1, -0.05) is 38.9 Å². The number of nitrogens with two attached hydrogens (primary N) is 1. The predicted molar refractivity (Wildman–Crippen MR) is 81.9 cm³/mol. The fourth-order valence-corrected chi connectivity index (χ4v) is 2.96. The van der Waals surface area contributed by atoms with E-state index in [1.807, 2.05) is 0 Å². The van der Waals surface area contributed by atoms with Gasteiger partial charge in [-0.25, -0.2) is 8.78 Å². The van der Waals surface area contributed by atoms with Crippen LogP contribution in [-0.4, -0.2) is 11.0 Å². The maximum absolute atomic E-state index is 14.1. The first-order valence-corrected chi connectivity index (χ1v) is 7.28. The highest BCUT2D eigenvalue weighted by Crippen LogP contribution is 2.37. The molecule has 0 spiro atoms. The van der Waals surface area contributed by atoms with Gasteiger partial charge in [0.25, 0.3) is 0 Å². The standard InChI is InChI=1S/C15H20F2N2S/c1-15(2)8-4-3-5-11(15)19-10-7-6-9(14(18)20)12(16)13(10)17/h6-7,11,19H,3-5,8H2,1-2H3,(H2,18,20). The highest BCUT2D eigenvalue weighted by Gasteiger charge is 2.32. The topological polar surface area (TPSA) is 38.0 Å². The summed E-state index contributed by atoms with van der Waals surface area (Å²) in [6.45, 7) is 4.31. The summed E-state index contributed by atoms with van der Waals surface area (Å²) in [4.78, 5) is -0.133. The monoisotopic (exact) mass is 298 g/mol. The Labute approximate surface area is 123 Å². The van der Waals surface area contributed by atoms with Crippen molar-refractivity contribution in [3.05, 3.63) is 29.3 Å². The van der Waals surface area contributed by atoms with Gasteiger partial charge >= 0.3 is 0 Å². The van der Waals surface area contributed by atoms with Gasteiger partial charge in [-0.15, -0.1) is 0 Å². The lowest BCUT2D eigenvalue weighted by Gasteiger charge is -2.39. The van der Waals surface area contributed by atoms with Crippen molar-refractivity contribution in [3.8, 4) is 0 Å². The van der Waals surface area contributed by atoms with Gasteiger partial charge < -0.3 is 11.1 Å². The van der Waals surface area contributed by atoms with Crippen LogP contribution in [0.25, 0.3) is 0 Å². The summed E-state index contributed by atoms with van der Waals surface area (Å²) in [5, 5.41) is 3.15. The Morgan fingerprint density at radius 1 is 1.30 bits per heavy atom. The zero-order valence-corrected chi connectivity index (χ0v) is 12.6. The highest BCUT2D eigenvalue weighted by atomic mass is 32.1. The number of anilines is 1. The minimum Gasteiger partial charge on any atom is -0.389 e. The largest absolute Gasteiger partial charge is 0.389 e. The maximum atomic E-state index is 14.1. The van der Waals surface area contributed by atoms with Crippen molar-refractivity contribution in [2.24, 2.45) is 11.1 Å². The van der Waals surface area contributed by atoms with Crippen LogP contribution in [0.1, 0.15) is 45.1 Å². The average Bonchev–Trinajstić information content (AvgIpc) is 2.36. The quantitative estimate of drug-likeness (QED) is 0.829. The molecule has 3 N–H and O–H groups in total. The van der Waals surface area contributed by atoms with Crippen LogP contribution in [0, 0.1) is 17.0 Å². The molecule has 0 aromatic heterocycles. The Bertz CT molecular complexity index is 529.